The van der Waals surface area contributed by atoms with E-state index in [0.29, 0.717) is 32.8 Å². The number of nitriles is 1. The molecule has 0 aliphatic rings. The lowest BCUT2D eigenvalue weighted by Crippen LogP contribution is -2.08. The molecule has 0 fully saturated rings. The van der Waals surface area contributed by atoms with Crippen LogP contribution in [0.1, 0.15) is 37.5 Å². The summed E-state index contributed by atoms with van der Waals surface area (Å²) in [5, 5.41) is 15.4. The third-order valence-corrected chi connectivity index (χ3v) is 6.96. The fourth-order valence-corrected chi connectivity index (χ4v) is 5.03. The standard InChI is InChI=1S/C24H23N3O6S2/c1-6-33-23(28)19-13(2)20(24(29)32-5)35-22(19)26-11-15(10-25)21-27-16(12-34-21)14-7-8-17(30-3)18(9-14)31-4/h7-9,11-12,26H,6H2,1-5H3. The molecule has 35 heavy (non-hydrogen) atoms. The number of anilines is 1. The second kappa shape index (κ2) is 11.5. The molecule has 1 aromatic carbocycles. The van der Waals surface area contributed by atoms with E-state index in [1.54, 1.807) is 40.2 Å². The average molecular weight is 514 g/mol. The summed E-state index contributed by atoms with van der Waals surface area (Å²) >= 11 is 2.34. The molecule has 0 spiro atoms. The van der Waals surface area contributed by atoms with Crippen molar-refractivity contribution in [3.8, 4) is 28.8 Å². The maximum absolute atomic E-state index is 12.5. The predicted octanol–water partition coefficient (Wildman–Crippen LogP) is 5.14. The van der Waals surface area contributed by atoms with Gasteiger partial charge >= 0.3 is 11.9 Å². The maximum atomic E-state index is 12.5. The van der Waals surface area contributed by atoms with E-state index >= 15 is 0 Å². The number of esters is 2. The van der Waals surface area contributed by atoms with Gasteiger partial charge in [0.15, 0.2) is 11.5 Å². The van der Waals surface area contributed by atoms with Crippen LogP contribution >= 0.6 is 22.7 Å². The highest BCUT2D eigenvalue weighted by Gasteiger charge is 2.26. The molecule has 0 atom stereocenters. The molecule has 3 rings (SSSR count). The van der Waals surface area contributed by atoms with Crippen molar-refractivity contribution < 1.29 is 28.5 Å². The van der Waals surface area contributed by atoms with E-state index in [2.05, 4.69) is 16.4 Å². The first kappa shape index (κ1) is 25.7. The Morgan fingerprint density at radius 3 is 2.54 bits per heavy atom. The first-order valence-electron chi connectivity index (χ1n) is 10.3. The van der Waals surface area contributed by atoms with E-state index < -0.39 is 11.9 Å². The summed E-state index contributed by atoms with van der Waals surface area (Å²) in [7, 11) is 4.38. The molecule has 0 saturated carbocycles. The summed E-state index contributed by atoms with van der Waals surface area (Å²) in [6.45, 7) is 3.52. The summed E-state index contributed by atoms with van der Waals surface area (Å²) in [5.74, 6) is 0.0348. The number of benzene rings is 1. The molecule has 0 bridgehead atoms. The Morgan fingerprint density at radius 1 is 1.17 bits per heavy atom. The minimum absolute atomic E-state index is 0.179. The predicted molar refractivity (Wildman–Crippen MR) is 134 cm³/mol. The number of hydrogen-bond donors (Lipinski definition) is 1. The molecule has 2 aromatic heterocycles. The molecular weight excluding hydrogens is 490 g/mol. The second-order valence-electron chi connectivity index (χ2n) is 6.89. The number of nitrogens with one attached hydrogen (secondary N) is 1. The highest BCUT2D eigenvalue weighted by atomic mass is 32.1. The van der Waals surface area contributed by atoms with Crippen LogP contribution in [0.2, 0.25) is 0 Å². The number of carbonyl (C=O) groups excluding carboxylic acids is 2. The van der Waals surface area contributed by atoms with Crippen LogP contribution < -0.4 is 14.8 Å². The van der Waals surface area contributed by atoms with Gasteiger partial charge in [-0.15, -0.1) is 22.7 Å². The summed E-state index contributed by atoms with van der Waals surface area (Å²) in [6.07, 6.45) is 1.45. The van der Waals surface area contributed by atoms with Crippen LogP contribution in [-0.2, 0) is 9.47 Å². The number of carbonyl (C=O) groups is 2. The van der Waals surface area contributed by atoms with Gasteiger partial charge < -0.3 is 24.3 Å². The number of thiazole rings is 1. The van der Waals surface area contributed by atoms with E-state index in [9.17, 15) is 14.9 Å². The minimum Gasteiger partial charge on any atom is -0.493 e. The fourth-order valence-electron chi connectivity index (χ4n) is 3.16. The Labute approximate surface area is 210 Å². The van der Waals surface area contributed by atoms with Crippen molar-refractivity contribution >= 4 is 45.2 Å². The molecule has 11 heteroatoms. The van der Waals surface area contributed by atoms with E-state index in [-0.39, 0.29) is 22.6 Å². The number of nitrogens with zero attached hydrogens (tertiary/aromatic N) is 2. The molecule has 0 unspecified atom stereocenters. The molecule has 0 amide bonds. The van der Waals surface area contributed by atoms with E-state index in [1.807, 2.05) is 11.4 Å². The molecular formula is C24H23N3O6S2. The largest absolute Gasteiger partial charge is 0.493 e. The van der Waals surface area contributed by atoms with Gasteiger partial charge in [-0.1, -0.05) is 0 Å². The van der Waals surface area contributed by atoms with Crippen LogP contribution in [0.3, 0.4) is 0 Å². The summed E-state index contributed by atoms with van der Waals surface area (Å²) in [6, 6.07) is 7.56. The molecule has 0 aliphatic heterocycles. The first-order valence-corrected chi connectivity index (χ1v) is 12.0. The SMILES string of the molecule is CCOC(=O)c1c(NC=C(C#N)c2nc(-c3ccc(OC)c(OC)c3)cs2)sc(C(=O)OC)c1C. The Balaban J connectivity index is 1.94. The third kappa shape index (κ3) is 5.45. The highest BCUT2D eigenvalue weighted by molar-refractivity contribution is 7.18. The molecule has 0 saturated heterocycles. The molecule has 182 valence electrons. The second-order valence-corrected chi connectivity index (χ2v) is 8.77. The van der Waals surface area contributed by atoms with Crippen molar-refractivity contribution in [1.82, 2.24) is 4.98 Å². The van der Waals surface area contributed by atoms with Gasteiger partial charge in [0.1, 0.15) is 26.5 Å². The van der Waals surface area contributed by atoms with Gasteiger partial charge in [-0.3, -0.25) is 0 Å². The average Bonchev–Trinajstić information content (AvgIpc) is 3.48. The van der Waals surface area contributed by atoms with E-state index in [1.165, 1.54) is 24.6 Å². The number of hydrogen-bond acceptors (Lipinski definition) is 11. The Hall–Kier alpha value is -3.88. The summed E-state index contributed by atoms with van der Waals surface area (Å²) in [5.41, 5.74) is 2.38. The molecule has 1 N–H and O–H groups in total. The van der Waals surface area contributed by atoms with Gasteiger partial charge in [0.2, 0.25) is 0 Å². The Bertz CT molecular complexity index is 1320. The number of methoxy groups -OCH3 is 3. The van der Waals surface area contributed by atoms with Crippen molar-refractivity contribution in [1.29, 1.82) is 5.26 Å². The molecule has 9 nitrogen and oxygen atoms in total. The maximum Gasteiger partial charge on any atom is 0.348 e. The van der Waals surface area contributed by atoms with E-state index in [0.717, 1.165) is 16.9 Å². The minimum atomic E-state index is -0.573. The number of aromatic nitrogens is 1. The monoisotopic (exact) mass is 513 g/mol. The number of rotatable bonds is 9. The van der Waals surface area contributed by atoms with E-state index in [4.69, 9.17) is 18.9 Å². The highest BCUT2D eigenvalue weighted by Crippen LogP contribution is 2.36. The normalized spacial score (nSPS) is 10.9. The fraction of sp³-hybridized carbons (Fsp3) is 0.250. The summed E-state index contributed by atoms with van der Waals surface area (Å²) in [4.78, 5) is 29.5. The Morgan fingerprint density at radius 2 is 1.91 bits per heavy atom. The molecule has 0 aliphatic carbocycles. The van der Waals surface area contributed by atoms with Crippen molar-refractivity contribution in [3.05, 3.63) is 50.8 Å². The van der Waals surface area contributed by atoms with Crippen molar-refractivity contribution in [2.75, 3.05) is 33.3 Å². The lowest BCUT2D eigenvalue weighted by atomic mass is 10.1. The zero-order valence-electron chi connectivity index (χ0n) is 19.8. The van der Waals surface area contributed by atoms with Gasteiger partial charge in [-0.05, 0) is 37.6 Å². The van der Waals surface area contributed by atoms with Crippen LogP contribution in [0.25, 0.3) is 16.8 Å². The first-order chi connectivity index (χ1) is 16.9. The quantitative estimate of drug-likeness (QED) is 0.306. The van der Waals surface area contributed by atoms with Crippen LogP contribution in [-0.4, -0.2) is 44.9 Å². The third-order valence-electron chi connectivity index (χ3n) is 4.88. The summed E-state index contributed by atoms with van der Waals surface area (Å²) < 4.78 is 20.6. The van der Waals surface area contributed by atoms with Gasteiger partial charge in [0.25, 0.3) is 0 Å². The number of thiophene rings is 1. The molecule has 3 aromatic rings. The topological polar surface area (TPSA) is 120 Å². The van der Waals surface area contributed by atoms with Crippen molar-refractivity contribution in [3.63, 3.8) is 0 Å². The lowest BCUT2D eigenvalue weighted by Gasteiger charge is -2.08. The van der Waals surface area contributed by atoms with Gasteiger partial charge in [-0.25, -0.2) is 14.6 Å². The van der Waals surface area contributed by atoms with Crippen LogP contribution in [0.5, 0.6) is 11.5 Å². The van der Waals surface area contributed by atoms with Crippen LogP contribution in [0.15, 0.2) is 29.8 Å². The Kier molecular flexibility index (Phi) is 8.46. The van der Waals surface area contributed by atoms with Gasteiger partial charge in [-0.2, -0.15) is 5.26 Å². The van der Waals surface area contributed by atoms with Crippen molar-refractivity contribution in [2.45, 2.75) is 13.8 Å². The smallest absolute Gasteiger partial charge is 0.348 e. The number of allylic oxidation sites excluding steroid dienone is 1. The van der Waals surface area contributed by atoms with Crippen molar-refractivity contribution in [2.24, 2.45) is 0 Å². The van der Waals surface area contributed by atoms with Crippen LogP contribution in [0, 0.1) is 18.3 Å². The lowest BCUT2D eigenvalue weighted by molar-refractivity contribution is 0.0527. The molecule has 0 radical (unpaired) electrons. The van der Waals surface area contributed by atoms with Crippen LogP contribution in [0.4, 0.5) is 5.00 Å². The van der Waals surface area contributed by atoms with Gasteiger partial charge in [0, 0.05) is 17.1 Å². The number of ether oxygens (including phenoxy) is 4. The zero-order chi connectivity index (χ0) is 25.5. The van der Waals surface area contributed by atoms with Gasteiger partial charge in [0.05, 0.1) is 39.2 Å². The zero-order valence-corrected chi connectivity index (χ0v) is 21.4. The molecule has 2 heterocycles.